The van der Waals surface area contributed by atoms with E-state index in [0.717, 1.165) is 10.5 Å². The van der Waals surface area contributed by atoms with Gasteiger partial charge in [0.05, 0.1) is 0 Å². The average Bonchev–Trinajstić information content (AvgIpc) is 2.67. The molecule has 1 rings (SSSR count). The number of amides is 3. The van der Waals surface area contributed by atoms with Crippen LogP contribution in [0.4, 0.5) is 0 Å². The van der Waals surface area contributed by atoms with Crippen molar-refractivity contribution < 1.29 is 24.6 Å². The molecule has 7 heteroatoms. The number of carbonyl (C=O) groups excluding carboxylic acids is 3. The van der Waals surface area contributed by atoms with Crippen molar-refractivity contribution in [1.29, 1.82) is 0 Å². The number of nitrogens with one attached hydrogen (secondary N) is 1. The molecule has 3 N–H and O–H groups in total. The number of rotatable bonds is 8. The van der Waals surface area contributed by atoms with Crippen LogP contribution in [0.25, 0.3) is 0 Å². The van der Waals surface area contributed by atoms with Crippen molar-refractivity contribution >= 4 is 17.7 Å². The third-order valence-electron chi connectivity index (χ3n) is 4.06. The number of nitrogens with zero attached hydrogens (tertiary/aromatic N) is 1. The zero-order valence-corrected chi connectivity index (χ0v) is 16.5. The second-order valence-electron chi connectivity index (χ2n) is 7.29. The smallest absolute Gasteiger partial charge is 0.261 e. The zero-order chi connectivity index (χ0) is 21.5. The Balaban J connectivity index is 3.03. The van der Waals surface area contributed by atoms with Gasteiger partial charge in [0.1, 0.15) is 0 Å². The van der Waals surface area contributed by atoms with Gasteiger partial charge in [-0.2, -0.15) is 0 Å². The van der Waals surface area contributed by atoms with Crippen LogP contribution in [0.3, 0.4) is 0 Å². The second-order valence-corrected chi connectivity index (χ2v) is 7.29. The zero-order valence-electron chi connectivity index (χ0n) is 16.5. The Labute approximate surface area is 165 Å². The van der Waals surface area contributed by atoms with E-state index in [0.29, 0.717) is 0 Å². The molecule has 3 amide bonds. The van der Waals surface area contributed by atoms with E-state index in [1.165, 1.54) is 12.2 Å². The quantitative estimate of drug-likeness (QED) is 0.580. The van der Waals surface area contributed by atoms with Gasteiger partial charge in [0, 0.05) is 18.7 Å². The molecule has 0 bridgehead atoms. The van der Waals surface area contributed by atoms with Crippen LogP contribution in [0.2, 0.25) is 0 Å². The van der Waals surface area contributed by atoms with Gasteiger partial charge in [0.25, 0.3) is 17.7 Å². The molecular formula is C21H28N2O5. The number of aliphatic hydroxyl groups is 2. The van der Waals surface area contributed by atoms with Crippen molar-refractivity contribution in [2.75, 3.05) is 13.1 Å². The maximum atomic E-state index is 12.8. The molecule has 0 saturated carbocycles. The molecule has 0 aromatic heterocycles. The first-order valence-corrected chi connectivity index (χ1v) is 8.86. The molecule has 152 valence electrons. The van der Waals surface area contributed by atoms with Crippen LogP contribution in [-0.2, 0) is 15.0 Å². The Hall–Kier alpha value is -2.77. The molecule has 7 nitrogen and oxygen atoms in total. The number of carbonyl (C=O) groups is 3. The van der Waals surface area contributed by atoms with E-state index < -0.39 is 29.9 Å². The van der Waals surface area contributed by atoms with Crippen molar-refractivity contribution in [2.45, 2.75) is 38.4 Å². The van der Waals surface area contributed by atoms with Gasteiger partial charge in [-0.15, -0.1) is 13.2 Å². The predicted molar refractivity (Wildman–Crippen MR) is 107 cm³/mol. The first-order chi connectivity index (χ1) is 13.0. The molecule has 0 fully saturated rings. The van der Waals surface area contributed by atoms with Crippen LogP contribution in [0, 0.1) is 0 Å². The summed E-state index contributed by atoms with van der Waals surface area (Å²) in [4.78, 5) is 37.8. The molecule has 0 heterocycles. The third kappa shape index (κ3) is 5.87. The fourth-order valence-electron chi connectivity index (χ4n) is 2.39. The maximum absolute atomic E-state index is 12.8. The number of imide groups is 1. The summed E-state index contributed by atoms with van der Waals surface area (Å²) in [6.45, 7) is 12.9. The van der Waals surface area contributed by atoms with E-state index in [4.69, 9.17) is 0 Å². The molecule has 0 aliphatic carbocycles. The monoisotopic (exact) mass is 388 g/mol. The maximum Gasteiger partial charge on any atom is 0.261 e. The van der Waals surface area contributed by atoms with Crippen molar-refractivity contribution in [3.8, 4) is 0 Å². The van der Waals surface area contributed by atoms with Gasteiger partial charge in [-0.05, 0) is 23.1 Å². The molecular weight excluding hydrogens is 360 g/mol. The molecule has 0 spiro atoms. The fourth-order valence-corrected chi connectivity index (χ4v) is 2.39. The number of benzene rings is 1. The molecule has 0 aliphatic heterocycles. The van der Waals surface area contributed by atoms with Crippen LogP contribution in [0.1, 0.15) is 36.7 Å². The summed E-state index contributed by atoms with van der Waals surface area (Å²) in [5.41, 5.74) is 1.15. The standard InChI is InChI=1S/C21H28N2O5/c1-6-12-22-18(26)16(24)17(25)20(28)23(13-7-2)19(27)14-8-10-15(11-9-14)21(3,4)5/h6-11,16-17,24-25H,1-2,12-13H2,3-5H3,(H,22,26)/t16-,17-/m1/s1. The summed E-state index contributed by atoms with van der Waals surface area (Å²) in [6, 6.07) is 6.76. The molecule has 0 saturated heterocycles. The van der Waals surface area contributed by atoms with Crippen molar-refractivity contribution in [1.82, 2.24) is 10.2 Å². The predicted octanol–water partition coefficient (Wildman–Crippen LogP) is 1.16. The van der Waals surface area contributed by atoms with E-state index in [1.807, 2.05) is 20.8 Å². The van der Waals surface area contributed by atoms with Crippen LogP contribution in [-0.4, -0.2) is 58.1 Å². The number of hydrogen-bond acceptors (Lipinski definition) is 5. The molecule has 0 aliphatic rings. The van der Waals surface area contributed by atoms with Crippen molar-refractivity contribution in [3.63, 3.8) is 0 Å². The van der Waals surface area contributed by atoms with Crippen LogP contribution < -0.4 is 5.32 Å². The Bertz CT molecular complexity index is 734. The lowest BCUT2D eigenvalue weighted by Gasteiger charge is -2.25. The highest BCUT2D eigenvalue weighted by molar-refractivity contribution is 6.07. The molecule has 1 aromatic carbocycles. The largest absolute Gasteiger partial charge is 0.380 e. The molecule has 2 atom stereocenters. The summed E-state index contributed by atoms with van der Waals surface area (Å²) in [5, 5.41) is 22.3. The van der Waals surface area contributed by atoms with Gasteiger partial charge in [0.15, 0.2) is 12.2 Å². The summed E-state index contributed by atoms with van der Waals surface area (Å²) in [6.07, 6.45) is -1.41. The lowest BCUT2D eigenvalue weighted by Crippen LogP contribution is -2.52. The van der Waals surface area contributed by atoms with Crippen molar-refractivity contribution in [2.24, 2.45) is 0 Å². The van der Waals surface area contributed by atoms with E-state index in [-0.39, 0.29) is 24.1 Å². The highest BCUT2D eigenvalue weighted by atomic mass is 16.3. The summed E-state index contributed by atoms with van der Waals surface area (Å²) < 4.78 is 0. The van der Waals surface area contributed by atoms with E-state index in [2.05, 4.69) is 18.5 Å². The summed E-state index contributed by atoms with van der Waals surface area (Å²) in [7, 11) is 0. The Kier molecular flexibility index (Phi) is 8.28. The lowest BCUT2D eigenvalue weighted by atomic mass is 9.86. The first kappa shape index (κ1) is 23.3. The fraction of sp³-hybridized carbons (Fsp3) is 0.381. The minimum Gasteiger partial charge on any atom is -0.380 e. The summed E-state index contributed by atoms with van der Waals surface area (Å²) >= 11 is 0. The van der Waals surface area contributed by atoms with Crippen LogP contribution >= 0.6 is 0 Å². The van der Waals surface area contributed by atoms with Gasteiger partial charge in [-0.25, -0.2) is 0 Å². The molecule has 28 heavy (non-hydrogen) atoms. The van der Waals surface area contributed by atoms with Gasteiger partial charge >= 0.3 is 0 Å². The molecule has 1 aromatic rings. The van der Waals surface area contributed by atoms with Gasteiger partial charge in [-0.3, -0.25) is 19.3 Å². The minimum absolute atomic E-state index is 0.0617. The topological polar surface area (TPSA) is 107 Å². The number of aliphatic hydroxyl groups excluding tert-OH is 2. The SMILES string of the molecule is C=CCNC(=O)[C@H](O)[C@@H](O)C(=O)N(CC=C)C(=O)c1ccc(C(C)(C)C)cc1. The average molecular weight is 388 g/mol. The minimum atomic E-state index is -2.09. The lowest BCUT2D eigenvalue weighted by molar-refractivity contribution is -0.150. The van der Waals surface area contributed by atoms with E-state index in [1.54, 1.807) is 24.3 Å². The normalized spacial score (nSPS) is 13.2. The second kappa shape index (κ2) is 9.96. The first-order valence-electron chi connectivity index (χ1n) is 8.86. The Morgan fingerprint density at radius 3 is 2.11 bits per heavy atom. The number of hydrogen-bond donors (Lipinski definition) is 3. The van der Waals surface area contributed by atoms with E-state index >= 15 is 0 Å². The Morgan fingerprint density at radius 2 is 1.64 bits per heavy atom. The van der Waals surface area contributed by atoms with Crippen LogP contribution in [0.5, 0.6) is 0 Å². The Morgan fingerprint density at radius 1 is 1.07 bits per heavy atom. The van der Waals surface area contributed by atoms with Gasteiger partial charge < -0.3 is 15.5 Å². The highest BCUT2D eigenvalue weighted by Crippen LogP contribution is 2.22. The van der Waals surface area contributed by atoms with Crippen molar-refractivity contribution in [3.05, 3.63) is 60.7 Å². The molecule has 0 unspecified atom stereocenters. The summed E-state index contributed by atoms with van der Waals surface area (Å²) in [5.74, 6) is -2.70. The van der Waals surface area contributed by atoms with Gasteiger partial charge in [-0.1, -0.05) is 45.1 Å². The van der Waals surface area contributed by atoms with E-state index in [9.17, 15) is 24.6 Å². The van der Waals surface area contributed by atoms with Crippen LogP contribution in [0.15, 0.2) is 49.6 Å². The molecule has 0 radical (unpaired) electrons. The highest BCUT2D eigenvalue weighted by Gasteiger charge is 2.35. The van der Waals surface area contributed by atoms with Gasteiger partial charge in [0.2, 0.25) is 0 Å². The third-order valence-corrected chi connectivity index (χ3v) is 4.06.